The molecule has 6 nitrogen and oxygen atoms in total. The molecule has 7 heteroatoms. The molecule has 2 aromatic rings. The maximum absolute atomic E-state index is 11.7. The van der Waals surface area contributed by atoms with Crippen molar-refractivity contribution in [3.05, 3.63) is 68.2 Å². The summed E-state index contributed by atoms with van der Waals surface area (Å²) in [5.41, 5.74) is 1.09. The average Bonchev–Trinajstić information content (AvgIpc) is 2.54. The minimum absolute atomic E-state index is 0.0910. The molecule has 0 spiro atoms. The Kier molecular flexibility index (Phi) is 5.70. The summed E-state index contributed by atoms with van der Waals surface area (Å²) >= 11 is 3.37. The van der Waals surface area contributed by atoms with E-state index in [2.05, 4.69) is 15.9 Å². The van der Waals surface area contributed by atoms with Crippen molar-refractivity contribution < 1.29 is 19.2 Å². The molecule has 2 rings (SSSR count). The molecule has 0 aliphatic rings. The van der Waals surface area contributed by atoms with E-state index in [0.29, 0.717) is 16.6 Å². The Morgan fingerprint density at radius 2 is 2.00 bits per heavy atom. The molecule has 0 fully saturated rings. The van der Waals surface area contributed by atoms with Gasteiger partial charge in [-0.15, -0.1) is 0 Å². The van der Waals surface area contributed by atoms with E-state index in [-0.39, 0.29) is 18.0 Å². The van der Waals surface area contributed by atoms with Crippen LogP contribution in [0.1, 0.15) is 22.8 Å². The van der Waals surface area contributed by atoms with Crippen LogP contribution in [0.25, 0.3) is 0 Å². The standard InChI is InChI=1S/C16H14BrNO5/c1-2-22-16(19)11-7-8-12(13(17)9-11)10-23-15-6-4-3-5-14(15)18(20)21/h3-9H,2,10H2,1H3. The Morgan fingerprint density at radius 1 is 1.26 bits per heavy atom. The third kappa shape index (κ3) is 4.29. The van der Waals surface area contributed by atoms with Gasteiger partial charge in [0, 0.05) is 16.1 Å². The second-order valence-electron chi connectivity index (χ2n) is 4.54. The topological polar surface area (TPSA) is 78.7 Å². The van der Waals surface area contributed by atoms with Gasteiger partial charge in [0.1, 0.15) is 6.61 Å². The summed E-state index contributed by atoms with van der Waals surface area (Å²) in [7, 11) is 0. The van der Waals surface area contributed by atoms with Crippen molar-refractivity contribution in [2.24, 2.45) is 0 Å². The fourth-order valence-corrected chi connectivity index (χ4v) is 2.38. The van der Waals surface area contributed by atoms with Gasteiger partial charge in [-0.05, 0) is 25.1 Å². The molecular weight excluding hydrogens is 366 g/mol. The van der Waals surface area contributed by atoms with Gasteiger partial charge in [-0.2, -0.15) is 0 Å². The number of nitrogens with zero attached hydrogens (tertiary/aromatic N) is 1. The Labute approximate surface area is 141 Å². The molecule has 2 aromatic carbocycles. The molecule has 0 aromatic heterocycles. The molecule has 0 unspecified atom stereocenters. The Morgan fingerprint density at radius 3 is 2.65 bits per heavy atom. The summed E-state index contributed by atoms with van der Waals surface area (Å²) < 4.78 is 11.1. The molecule has 0 N–H and O–H groups in total. The summed E-state index contributed by atoms with van der Waals surface area (Å²) in [4.78, 5) is 22.1. The molecular formula is C16H14BrNO5. The summed E-state index contributed by atoms with van der Waals surface area (Å²) in [5.74, 6) is -0.210. The number of hydrogen-bond donors (Lipinski definition) is 0. The van der Waals surface area contributed by atoms with Gasteiger partial charge < -0.3 is 9.47 Å². The van der Waals surface area contributed by atoms with E-state index in [9.17, 15) is 14.9 Å². The highest BCUT2D eigenvalue weighted by molar-refractivity contribution is 9.10. The first-order valence-electron chi connectivity index (χ1n) is 6.84. The van der Waals surface area contributed by atoms with Crippen molar-refractivity contribution in [1.82, 2.24) is 0 Å². The van der Waals surface area contributed by atoms with Crippen molar-refractivity contribution in [2.75, 3.05) is 6.61 Å². The second kappa shape index (κ2) is 7.73. The zero-order valence-corrected chi connectivity index (χ0v) is 13.9. The van der Waals surface area contributed by atoms with E-state index in [1.807, 2.05) is 0 Å². The third-order valence-corrected chi connectivity index (χ3v) is 3.75. The number of carbonyl (C=O) groups excluding carboxylic acids is 1. The van der Waals surface area contributed by atoms with Crippen LogP contribution in [0.5, 0.6) is 5.75 Å². The lowest BCUT2D eigenvalue weighted by Crippen LogP contribution is -2.06. The molecule has 0 saturated heterocycles. The maximum Gasteiger partial charge on any atom is 0.338 e. The van der Waals surface area contributed by atoms with Gasteiger partial charge in [0.15, 0.2) is 5.75 Å². The van der Waals surface area contributed by atoms with Crippen LogP contribution in [0, 0.1) is 10.1 Å². The highest BCUT2D eigenvalue weighted by Crippen LogP contribution is 2.28. The fraction of sp³-hybridized carbons (Fsp3) is 0.188. The van der Waals surface area contributed by atoms with E-state index >= 15 is 0 Å². The van der Waals surface area contributed by atoms with Crippen LogP contribution in [-0.2, 0) is 11.3 Å². The summed E-state index contributed by atoms with van der Waals surface area (Å²) in [6.07, 6.45) is 0. The van der Waals surface area contributed by atoms with Crippen LogP contribution in [0.2, 0.25) is 0 Å². The van der Waals surface area contributed by atoms with E-state index in [1.54, 1.807) is 43.3 Å². The summed E-state index contributed by atoms with van der Waals surface area (Å²) in [6.45, 7) is 2.18. The zero-order chi connectivity index (χ0) is 16.8. The SMILES string of the molecule is CCOC(=O)c1ccc(COc2ccccc2[N+](=O)[O-])c(Br)c1. The summed E-state index contributed by atoms with van der Waals surface area (Å²) in [6, 6.07) is 11.1. The van der Waals surface area contributed by atoms with Crippen LogP contribution in [0.15, 0.2) is 46.9 Å². The minimum atomic E-state index is -0.492. The number of nitro benzene ring substituents is 1. The quantitative estimate of drug-likeness (QED) is 0.428. The smallest absolute Gasteiger partial charge is 0.338 e. The molecule has 0 bridgehead atoms. The van der Waals surface area contributed by atoms with Crippen molar-refractivity contribution in [3.8, 4) is 5.75 Å². The molecule has 0 radical (unpaired) electrons. The van der Waals surface area contributed by atoms with Gasteiger partial charge in [0.2, 0.25) is 0 Å². The highest BCUT2D eigenvalue weighted by Gasteiger charge is 2.15. The molecule has 0 aliphatic carbocycles. The van der Waals surface area contributed by atoms with Gasteiger partial charge in [-0.25, -0.2) is 4.79 Å². The van der Waals surface area contributed by atoms with Crippen molar-refractivity contribution in [1.29, 1.82) is 0 Å². The van der Waals surface area contributed by atoms with E-state index in [0.717, 1.165) is 5.56 Å². The average molecular weight is 380 g/mol. The van der Waals surface area contributed by atoms with E-state index in [1.165, 1.54) is 6.07 Å². The van der Waals surface area contributed by atoms with Crippen molar-refractivity contribution >= 4 is 27.6 Å². The molecule has 120 valence electrons. The largest absolute Gasteiger partial charge is 0.482 e. The van der Waals surface area contributed by atoms with Crippen LogP contribution >= 0.6 is 15.9 Å². The van der Waals surface area contributed by atoms with Crippen LogP contribution < -0.4 is 4.74 Å². The normalized spacial score (nSPS) is 10.2. The lowest BCUT2D eigenvalue weighted by Gasteiger charge is -2.09. The Balaban J connectivity index is 2.13. The molecule has 23 heavy (non-hydrogen) atoms. The zero-order valence-electron chi connectivity index (χ0n) is 12.3. The van der Waals surface area contributed by atoms with Gasteiger partial charge in [0.25, 0.3) is 0 Å². The number of ether oxygens (including phenoxy) is 2. The molecule has 0 amide bonds. The van der Waals surface area contributed by atoms with E-state index < -0.39 is 10.9 Å². The van der Waals surface area contributed by atoms with Gasteiger partial charge in [0.05, 0.1) is 17.1 Å². The molecule has 0 aliphatic heterocycles. The number of carbonyl (C=O) groups is 1. The van der Waals surface area contributed by atoms with Gasteiger partial charge >= 0.3 is 11.7 Å². The van der Waals surface area contributed by atoms with Crippen LogP contribution in [0.4, 0.5) is 5.69 Å². The third-order valence-electron chi connectivity index (χ3n) is 3.01. The van der Waals surface area contributed by atoms with Crippen molar-refractivity contribution in [3.63, 3.8) is 0 Å². The van der Waals surface area contributed by atoms with Crippen LogP contribution in [-0.4, -0.2) is 17.5 Å². The lowest BCUT2D eigenvalue weighted by molar-refractivity contribution is -0.385. The number of hydrogen-bond acceptors (Lipinski definition) is 5. The fourth-order valence-electron chi connectivity index (χ4n) is 1.89. The predicted molar refractivity (Wildman–Crippen MR) is 87.5 cm³/mol. The first-order chi connectivity index (χ1) is 11.0. The first kappa shape index (κ1) is 17.0. The monoisotopic (exact) mass is 379 g/mol. The maximum atomic E-state index is 11.7. The molecule has 0 saturated carbocycles. The number of esters is 1. The predicted octanol–water partition coefficient (Wildman–Crippen LogP) is 4.11. The summed E-state index contributed by atoms with van der Waals surface area (Å²) in [5, 5.41) is 10.9. The Hall–Kier alpha value is -2.41. The number of nitro groups is 1. The van der Waals surface area contributed by atoms with Crippen LogP contribution in [0.3, 0.4) is 0 Å². The number of halogens is 1. The second-order valence-corrected chi connectivity index (χ2v) is 5.39. The molecule has 0 heterocycles. The minimum Gasteiger partial charge on any atom is -0.482 e. The Bertz CT molecular complexity index is 732. The number of benzene rings is 2. The lowest BCUT2D eigenvalue weighted by atomic mass is 10.1. The first-order valence-corrected chi connectivity index (χ1v) is 7.64. The van der Waals surface area contributed by atoms with Crippen molar-refractivity contribution in [2.45, 2.75) is 13.5 Å². The van der Waals surface area contributed by atoms with E-state index in [4.69, 9.17) is 9.47 Å². The number of rotatable bonds is 6. The number of para-hydroxylation sites is 2. The van der Waals surface area contributed by atoms with Gasteiger partial charge in [-0.3, -0.25) is 10.1 Å². The highest BCUT2D eigenvalue weighted by atomic mass is 79.9. The molecule has 0 atom stereocenters. The van der Waals surface area contributed by atoms with Gasteiger partial charge in [-0.1, -0.05) is 34.1 Å².